The standard InChI is InChI=1S/C22H23N5S/c1-26(2)14-19-24-21(27(3)13-16-8-7-11-23-12-16)20-18(15-28-22(20)25-19)17-9-5-4-6-10-17/h4-12,15H,13-14H2,1-3H3. The van der Waals surface area contributed by atoms with Crippen LogP contribution in [0.2, 0.25) is 0 Å². The SMILES string of the molecule is CN(C)Cc1nc(N(C)Cc2cccnc2)c2c(-c3ccccc3)csc2n1. The van der Waals surface area contributed by atoms with Gasteiger partial charge in [0.1, 0.15) is 16.5 Å². The molecule has 0 aliphatic carbocycles. The van der Waals surface area contributed by atoms with Crippen LogP contribution >= 0.6 is 11.3 Å². The minimum absolute atomic E-state index is 0.711. The summed E-state index contributed by atoms with van der Waals surface area (Å²) < 4.78 is 0. The van der Waals surface area contributed by atoms with Crippen molar-refractivity contribution in [3.63, 3.8) is 0 Å². The summed E-state index contributed by atoms with van der Waals surface area (Å²) in [7, 11) is 6.16. The van der Waals surface area contributed by atoms with Crippen molar-refractivity contribution in [1.82, 2.24) is 19.9 Å². The summed E-state index contributed by atoms with van der Waals surface area (Å²) in [6.45, 7) is 1.45. The van der Waals surface area contributed by atoms with E-state index >= 15 is 0 Å². The Morgan fingerprint density at radius 3 is 2.46 bits per heavy atom. The van der Waals surface area contributed by atoms with Crippen LogP contribution in [0.15, 0.2) is 60.2 Å². The lowest BCUT2D eigenvalue weighted by Crippen LogP contribution is -2.20. The highest BCUT2D eigenvalue weighted by Gasteiger charge is 2.18. The number of hydrogen-bond acceptors (Lipinski definition) is 6. The molecule has 0 unspecified atom stereocenters. The normalized spacial score (nSPS) is 11.3. The number of fused-ring (bicyclic) bond motifs is 1. The maximum absolute atomic E-state index is 4.95. The number of aromatic nitrogens is 3. The molecule has 0 fully saturated rings. The van der Waals surface area contributed by atoms with Crippen LogP contribution < -0.4 is 4.90 Å². The van der Waals surface area contributed by atoms with Crippen molar-refractivity contribution in [1.29, 1.82) is 0 Å². The van der Waals surface area contributed by atoms with Crippen molar-refractivity contribution in [3.05, 3.63) is 71.6 Å². The number of thiophene rings is 1. The van der Waals surface area contributed by atoms with Gasteiger partial charge in [0.2, 0.25) is 0 Å². The zero-order valence-electron chi connectivity index (χ0n) is 16.3. The minimum atomic E-state index is 0.711. The predicted octanol–water partition coefficient (Wildman–Crippen LogP) is 4.45. The third-order valence-electron chi connectivity index (χ3n) is 4.51. The molecule has 0 aliphatic rings. The van der Waals surface area contributed by atoms with E-state index in [0.717, 1.165) is 34.0 Å². The lowest BCUT2D eigenvalue weighted by atomic mass is 10.1. The summed E-state index contributed by atoms with van der Waals surface area (Å²) in [5.74, 6) is 1.80. The van der Waals surface area contributed by atoms with E-state index in [1.165, 1.54) is 11.1 Å². The van der Waals surface area contributed by atoms with E-state index in [4.69, 9.17) is 9.97 Å². The summed E-state index contributed by atoms with van der Waals surface area (Å²) in [6.07, 6.45) is 3.70. The minimum Gasteiger partial charge on any atom is -0.355 e. The van der Waals surface area contributed by atoms with Crippen LogP contribution in [0.1, 0.15) is 11.4 Å². The van der Waals surface area contributed by atoms with E-state index in [1.54, 1.807) is 17.5 Å². The molecular formula is C22H23N5S. The Morgan fingerprint density at radius 1 is 0.929 bits per heavy atom. The predicted molar refractivity (Wildman–Crippen MR) is 117 cm³/mol. The van der Waals surface area contributed by atoms with Gasteiger partial charge < -0.3 is 9.80 Å². The molecule has 6 heteroatoms. The molecule has 0 amide bonds. The number of rotatable bonds is 6. The monoisotopic (exact) mass is 389 g/mol. The summed E-state index contributed by atoms with van der Waals surface area (Å²) in [6, 6.07) is 14.5. The molecule has 0 saturated heterocycles. The molecule has 4 aromatic rings. The highest BCUT2D eigenvalue weighted by Crippen LogP contribution is 2.38. The number of benzene rings is 1. The number of pyridine rings is 1. The fourth-order valence-corrected chi connectivity index (χ4v) is 4.23. The number of nitrogens with zero attached hydrogens (tertiary/aromatic N) is 5. The van der Waals surface area contributed by atoms with Gasteiger partial charge in [0, 0.05) is 36.9 Å². The second-order valence-corrected chi connectivity index (χ2v) is 7.97. The highest BCUT2D eigenvalue weighted by molar-refractivity contribution is 7.17. The molecule has 142 valence electrons. The zero-order chi connectivity index (χ0) is 19.5. The highest BCUT2D eigenvalue weighted by atomic mass is 32.1. The third kappa shape index (κ3) is 3.88. The molecule has 0 radical (unpaired) electrons. The van der Waals surface area contributed by atoms with Gasteiger partial charge in [0.05, 0.1) is 11.9 Å². The Bertz CT molecular complexity index is 1060. The molecule has 3 heterocycles. The van der Waals surface area contributed by atoms with Crippen LogP contribution in [0.25, 0.3) is 21.3 Å². The van der Waals surface area contributed by atoms with Gasteiger partial charge in [-0.25, -0.2) is 9.97 Å². The number of hydrogen-bond donors (Lipinski definition) is 0. The van der Waals surface area contributed by atoms with E-state index < -0.39 is 0 Å². The van der Waals surface area contributed by atoms with Gasteiger partial charge >= 0.3 is 0 Å². The summed E-state index contributed by atoms with van der Waals surface area (Å²) in [5, 5.41) is 3.31. The lowest BCUT2D eigenvalue weighted by molar-refractivity contribution is 0.391. The van der Waals surface area contributed by atoms with Gasteiger partial charge in [-0.1, -0.05) is 36.4 Å². The van der Waals surface area contributed by atoms with Crippen molar-refractivity contribution in [3.8, 4) is 11.1 Å². The molecule has 28 heavy (non-hydrogen) atoms. The maximum atomic E-state index is 4.95. The van der Waals surface area contributed by atoms with Crippen molar-refractivity contribution < 1.29 is 0 Å². The van der Waals surface area contributed by atoms with E-state index in [0.29, 0.717) is 6.54 Å². The first-order valence-electron chi connectivity index (χ1n) is 9.20. The Morgan fingerprint density at radius 2 is 1.75 bits per heavy atom. The van der Waals surface area contributed by atoms with Gasteiger partial charge in [-0.2, -0.15) is 0 Å². The van der Waals surface area contributed by atoms with Gasteiger partial charge in [0.15, 0.2) is 0 Å². The van der Waals surface area contributed by atoms with Gasteiger partial charge in [-0.05, 0) is 31.3 Å². The third-order valence-corrected chi connectivity index (χ3v) is 5.38. The molecule has 0 bridgehead atoms. The second kappa shape index (κ2) is 8.04. The lowest BCUT2D eigenvalue weighted by Gasteiger charge is -2.21. The first-order chi connectivity index (χ1) is 13.6. The summed E-state index contributed by atoms with van der Waals surface area (Å²) >= 11 is 1.68. The smallest absolute Gasteiger partial charge is 0.146 e. The molecule has 5 nitrogen and oxygen atoms in total. The van der Waals surface area contributed by atoms with Crippen molar-refractivity contribution in [2.24, 2.45) is 0 Å². The van der Waals surface area contributed by atoms with Crippen LogP contribution in [0, 0.1) is 0 Å². The largest absolute Gasteiger partial charge is 0.355 e. The molecular weight excluding hydrogens is 366 g/mol. The average molecular weight is 390 g/mol. The first-order valence-corrected chi connectivity index (χ1v) is 10.1. The second-order valence-electron chi connectivity index (χ2n) is 7.11. The Kier molecular flexibility index (Phi) is 5.32. The van der Waals surface area contributed by atoms with Gasteiger partial charge in [-0.15, -0.1) is 11.3 Å². The molecule has 4 rings (SSSR count). The summed E-state index contributed by atoms with van der Waals surface area (Å²) in [5.41, 5.74) is 3.53. The molecule has 0 spiro atoms. The molecule has 0 N–H and O–H groups in total. The Hall–Kier alpha value is -2.83. The Labute approximate surface area is 169 Å². The fraction of sp³-hybridized carbons (Fsp3) is 0.227. The van der Waals surface area contributed by atoms with Gasteiger partial charge in [0.25, 0.3) is 0 Å². The van der Waals surface area contributed by atoms with E-state index in [-0.39, 0.29) is 0 Å². The van der Waals surface area contributed by atoms with Crippen LogP contribution in [0.4, 0.5) is 5.82 Å². The zero-order valence-corrected chi connectivity index (χ0v) is 17.1. The van der Waals surface area contributed by atoms with Crippen LogP contribution in [0.3, 0.4) is 0 Å². The maximum Gasteiger partial charge on any atom is 0.146 e. The van der Waals surface area contributed by atoms with Crippen LogP contribution in [-0.2, 0) is 13.1 Å². The quantitative estimate of drug-likeness (QED) is 0.487. The average Bonchev–Trinajstić information content (AvgIpc) is 3.12. The topological polar surface area (TPSA) is 45.2 Å². The fourth-order valence-electron chi connectivity index (χ4n) is 3.27. The van der Waals surface area contributed by atoms with E-state index in [1.807, 2.05) is 32.4 Å². The van der Waals surface area contributed by atoms with Crippen LogP contribution in [-0.4, -0.2) is 41.0 Å². The van der Waals surface area contributed by atoms with E-state index in [9.17, 15) is 0 Å². The molecule has 3 aromatic heterocycles. The Balaban J connectivity index is 1.84. The molecule has 0 saturated carbocycles. The van der Waals surface area contributed by atoms with Crippen molar-refractivity contribution >= 4 is 27.4 Å². The van der Waals surface area contributed by atoms with Crippen molar-refractivity contribution in [2.45, 2.75) is 13.1 Å². The molecule has 0 atom stereocenters. The molecule has 1 aromatic carbocycles. The van der Waals surface area contributed by atoms with Crippen molar-refractivity contribution in [2.75, 3.05) is 26.0 Å². The van der Waals surface area contributed by atoms with E-state index in [2.05, 4.69) is 57.5 Å². The first kappa shape index (κ1) is 18.5. The number of anilines is 1. The van der Waals surface area contributed by atoms with Crippen LogP contribution in [0.5, 0.6) is 0 Å². The molecule has 0 aliphatic heterocycles. The summed E-state index contributed by atoms with van der Waals surface area (Å²) in [4.78, 5) is 19.4. The van der Waals surface area contributed by atoms with Gasteiger partial charge in [-0.3, -0.25) is 4.98 Å².